The van der Waals surface area contributed by atoms with Crippen LogP contribution in [0.2, 0.25) is 0 Å². The van der Waals surface area contributed by atoms with Crippen LogP contribution in [0.3, 0.4) is 0 Å². The number of ketones is 1. The highest BCUT2D eigenvalue weighted by Gasteiger charge is 2.55. The minimum atomic E-state index is -5.27. The average Bonchev–Trinajstić information content (AvgIpc) is 2.83. The number of halogens is 2. The number of Topliss-reactive ketones (excluding diaryl/α,β-unsaturated/α-hetero) is 1. The molecule has 39 heavy (non-hydrogen) atoms. The van der Waals surface area contributed by atoms with Crippen molar-refractivity contribution in [1.29, 1.82) is 0 Å². The summed E-state index contributed by atoms with van der Waals surface area (Å²) in [6.45, 7) is 0.541. The number of carboxylic acids is 1. The predicted octanol–water partition coefficient (Wildman–Crippen LogP) is 1.02. The zero-order valence-corrected chi connectivity index (χ0v) is 22.6. The number of nitrogens with zero attached hydrogens (tertiary/aromatic N) is 2. The first kappa shape index (κ1) is 29.9. The fourth-order valence-electron chi connectivity index (χ4n) is 3.85. The van der Waals surface area contributed by atoms with Gasteiger partial charge in [0.2, 0.25) is 5.54 Å². The predicted molar refractivity (Wildman–Crippen MR) is 134 cm³/mol. The van der Waals surface area contributed by atoms with Crippen molar-refractivity contribution in [2.24, 2.45) is 0 Å². The van der Waals surface area contributed by atoms with Gasteiger partial charge in [-0.3, -0.25) is 4.79 Å². The SMILES string of the molecule is CN(C)C(=O)Oc1ccc(N([C@@](C)(C(=O)O)C(=O)C2CS(=O)(=O)CCN2)S(=O)(=O)c2ccc(F)cc2F)cc1. The summed E-state index contributed by atoms with van der Waals surface area (Å²) in [5.41, 5.74) is -3.49. The third-order valence-corrected chi connectivity index (χ3v) is 9.51. The van der Waals surface area contributed by atoms with E-state index in [1.165, 1.54) is 14.1 Å². The van der Waals surface area contributed by atoms with E-state index >= 15 is 0 Å². The number of carboxylic acid groups (broad SMARTS) is 1. The van der Waals surface area contributed by atoms with Crippen molar-refractivity contribution in [2.75, 3.05) is 36.5 Å². The molecular weight excluding hydrogens is 564 g/mol. The van der Waals surface area contributed by atoms with Gasteiger partial charge >= 0.3 is 12.1 Å². The zero-order valence-electron chi connectivity index (χ0n) is 20.9. The van der Waals surface area contributed by atoms with Crippen LogP contribution in [0, 0.1) is 11.6 Å². The number of sulfonamides is 1. The van der Waals surface area contributed by atoms with Gasteiger partial charge in [0.25, 0.3) is 10.0 Å². The Morgan fingerprint density at radius 3 is 2.23 bits per heavy atom. The van der Waals surface area contributed by atoms with Gasteiger partial charge in [-0.2, -0.15) is 0 Å². The Labute approximate surface area is 223 Å². The van der Waals surface area contributed by atoms with E-state index < -0.39 is 77.3 Å². The Kier molecular flexibility index (Phi) is 8.33. The molecule has 0 bridgehead atoms. The summed E-state index contributed by atoms with van der Waals surface area (Å²) in [6, 6.07) is 4.09. The van der Waals surface area contributed by atoms with E-state index in [-0.39, 0.29) is 28.4 Å². The number of rotatable bonds is 8. The fourth-order valence-corrected chi connectivity index (χ4v) is 7.01. The Hall–Kier alpha value is -3.63. The van der Waals surface area contributed by atoms with E-state index in [1.54, 1.807) is 0 Å². The van der Waals surface area contributed by atoms with Crippen LogP contribution in [-0.2, 0) is 29.4 Å². The van der Waals surface area contributed by atoms with Crippen molar-refractivity contribution >= 4 is 43.4 Å². The summed E-state index contributed by atoms with van der Waals surface area (Å²) < 4.78 is 85.4. The molecule has 12 nitrogen and oxygen atoms in total. The molecule has 0 saturated carbocycles. The van der Waals surface area contributed by atoms with Crippen molar-refractivity contribution in [1.82, 2.24) is 10.2 Å². The highest BCUT2D eigenvalue weighted by molar-refractivity contribution is 7.93. The van der Waals surface area contributed by atoms with E-state index in [9.17, 15) is 45.1 Å². The maximum Gasteiger partial charge on any atom is 0.414 e. The van der Waals surface area contributed by atoms with Gasteiger partial charge in [-0.1, -0.05) is 0 Å². The van der Waals surface area contributed by atoms with Gasteiger partial charge in [0.15, 0.2) is 15.6 Å². The Balaban J connectivity index is 2.23. The topological polar surface area (TPSA) is 167 Å². The standard InChI is InChI=1S/C23H25F2N3O9S2/c1-23(21(30)31,20(29)18-13-38(33,34)11-10-26-18)28(39(35,36)19-9-4-14(24)12-17(19)25)15-5-7-16(8-6-15)37-22(32)27(2)3/h4-9,12,18,26H,10-11,13H2,1-3H3,(H,30,31)/t18?,23-/m1/s1. The first-order chi connectivity index (χ1) is 18.0. The van der Waals surface area contributed by atoms with E-state index in [4.69, 9.17) is 4.74 Å². The number of amides is 1. The molecule has 1 unspecified atom stereocenters. The second-order valence-corrected chi connectivity index (χ2v) is 12.9. The van der Waals surface area contributed by atoms with Gasteiger partial charge in [-0.05, 0) is 43.3 Å². The molecule has 2 atom stereocenters. The third-order valence-electron chi connectivity index (χ3n) is 5.90. The minimum Gasteiger partial charge on any atom is -0.479 e. The van der Waals surface area contributed by atoms with E-state index in [0.29, 0.717) is 12.1 Å². The van der Waals surface area contributed by atoms with Gasteiger partial charge in [0, 0.05) is 26.7 Å². The summed E-state index contributed by atoms with van der Waals surface area (Å²) in [5, 5.41) is 12.8. The first-order valence-corrected chi connectivity index (χ1v) is 14.5. The lowest BCUT2D eigenvalue weighted by atomic mass is 9.91. The molecule has 2 N–H and O–H groups in total. The minimum absolute atomic E-state index is 0.0776. The second kappa shape index (κ2) is 10.9. The van der Waals surface area contributed by atoms with E-state index in [2.05, 4.69) is 5.32 Å². The molecule has 0 spiro atoms. The lowest BCUT2D eigenvalue weighted by Gasteiger charge is -2.39. The molecule has 1 heterocycles. The van der Waals surface area contributed by atoms with Gasteiger partial charge < -0.3 is 20.1 Å². The Morgan fingerprint density at radius 2 is 1.72 bits per heavy atom. The van der Waals surface area contributed by atoms with E-state index in [0.717, 1.165) is 36.1 Å². The summed E-state index contributed by atoms with van der Waals surface area (Å²) in [4.78, 5) is 38.1. The van der Waals surface area contributed by atoms with Crippen LogP contribution in [0.15, 0.2) is 47.4 Å². The van der Waals surface area contributed by atoms with Crippen LogP contribution in [-0.4, -0.2) is 88.4 Å². The number of aliphatic carboxylic acids is 1. The van der Waals surface area contributed by atoms with Gasteiger partial charge in [-0.25, -0.2) is 39.5 Å². The number of anilines is 1. The summed E-state index contributed by atoms with van der Waals surface area (Å²) in [6.07, 6.45) is -0.782. The molecule has 16 heteroatoms. The molecule has 0 aliphatic carbocycles. The van der Waals surface area contributed by atoms with Gasteiger partial charge in [0.05, 0.1) is 23.2 Å². The van der Waals surface area contributed by atoms with Crippen LogP contribution in [0.5, 0.6) is 5.75 Å². The molecule has 0 aromatic heterocycles. The van der Waals surface area contributed by atoms with Gasteiger partial charge in [0.1, 0.15) is 22.3 Å². The highest BCUT2D eigenvalue weighted by atomic mass is 32.2. The number of ether oxygens (including phenoxy) is 1. The molecule has 3 rings (SSSR count). The van der Waals surface area contributed by atoms with Crippen LogP contribution in [0.1, 0.15) is 6.92 Å². The molecule has 2 aromatic carbocycles. The van der Waals surface area contributed by atoms with Crippen molar-refractivity contribution < 1.29 is 49.8 Å². The molecule has 1 aliphatic rings. The lowest BCUT2D eigenvalue weighted by Crippen LogP contribution is -2.66. The third kappa shape index (κ3) is 6.02. The quantitative estimate of drug-likeness (QED) is 0.424. The molecule has 1 aliphatic heterocycles. The highest BCUT2D eigenvalue weighted by Crippen LogP contribution is 2.35. The number of carbonyl (C=O) groups is 3. The van der Waals surface area contributed by atoms with Crippen LogP contribution in [0.25, 0.3) is 0 Å². The first-order valence-electron chi connectivity index (χ1n) is 11.2. The molecule has 212 valence electrons. The Morgan fingerprint density at radius 1 is 1.10 bits per heavy atom. The largest absolute Gasteiger partial charge is 0.479 e. The molecule has 1 saturated heterocycles. The maximum absolute atomic E-state index is 14.7. The van der Waals surface area contributed by atoms with Crippen LogP contribution < -0.4 is 14.4 Å². The number of nitrogens with one attached hydrogen (secondary N) is 1. The summed E-state index contributed by atoms with van der Waals surface area (Å²) >= 11 is 0. The molecular formula is C23H25F2N3O9S2. The molecule has 1 amide bonds. The second-order valence-electron chi connectivity index (χ2n) is 8.96. The van der Waals surface area contributed by atoms with Crippen molar-refractivity contribution in [3.05, 3.63) is 54.1 Å². The smallest absolute Gasteiger partial charge is 0.414 e. The monoisotopic (exact) mass is 589 g/mol. The molecule has 2 aromatic rings. The normalized spacial score (nSPS) is 18.4. The number of hydrogen-bond acceptors (Lipinski definition) is 9. The number of hydrogen-bond donors (Lipinski definition) is 2. The molecule has 1 fully saturated rings. The number of carbonyl (C=O) groups excluding carboxylic acids is 2. The Bertz CT molecular complexity index is 1510. The summed E-state index contributed by atoms with van der Waals surface area (Å²) in [5.74, 6) is -7.21. The van der Waals surface area contributed by atoms with Crippen molar-refractivity contribution in [2.45, 2.75) is 23.4 Å². The fraction of sp³-hybridized carbons (Fsp3) is 0.348. The molecule has 0 radical (unpaired) electrons. The van der Waals surface area contributed by atoms with Gasteiger partial charge in [-0.15, -0.1) is 0 Å². The summed E-state index contributed by atoms with van der Waals surface area (Å²) in [7, 11) is -6.23. The van der Waals surface area contributed by atoms with Crippen molar-refractivity contribution in [3.63, 3.8) is 0 Å². The number of benzene rings is 2. The van der Waals surface area contributed by atoms with Crippen molar-refractivity contribution in [3.8, 4) is 5.75 Å². The maximum atomic E-state index is 14.7. The van der Waals surface area contributed by atoms with E-state index in [1.807, 2.05) is 0 Å². The zero-order chi connectivity index (χ0) is 29.3. The average molecular weight is 590 g/mol. The lowest BCUT2D eigenvalue weighted by molar-refractivity contribution is -0.147. The van der Waals surface area contributed by atoms with Crippen LogP contribution >= 0.6 is 0 Å². The van der Waals surface area contributed by atoms with Crippen LogP contribution in [0.4, 0.5) is 19.3 Å². The number of sulfone groups is 1.